The van der Waals surface area contributed by atoms with Crippen molar-refractivity contribution in [2.75, 3.05) is 0 Å². The van der Waals surface area contributed by atoms with Gasteiger partial charge in [0.05, 0.1) is 48.6 Å². The number of Topliss-reactive ketones (excluding diaryl/α,β-unsaturated/α-hetero) is 1. The summed E-state index contributed by atoms with van der Waals surface area (Å²) in [6, 6.07) is 0. The molecule has 1 aromatic heterocycles. The Hall–Kier alpha value is -1.72. The SMILES string of the molecule is CCCCCC[C@H](O)CCC[C@H](O)[C@H]1CC[C@H]([C@H]2CC[C@H]([C@H](O)CCCCCCCCCCCCCC(C(C)=O)C(=O)n3cnnc3)O2)O1. The number of aliphatic hydroxyl groups excluding tert-OH is 3. The zero-order chi connectivity index (χ0) is 35.3. The van der Waals surface area contributed by atoms with Crippen molar-refractivity contribution in [1.82, 2.24) is 14.8 Å². The van der Waals surface area contributed by atoms with Crippen LogP contribution < -0.4 is 0 Å². The second-order valence-corrected chi connectivity index (χ2v) is 15.0. The normalized spacial score (nSPS) is 23.4. The molecule has 10 heteroatoms. The fourth-order valence-corrected chi connectivity index (χ4v) is 7.66. The van der Waals surface area contributed by atoms with Gasteiger partial charge in [-0.25, -0.2) is 0 Å². The molecule has 8 atom stereocenters. The lowest BCUT2D eigenvalue weighted by Crippen LogP contribution is -2.33. The molecule has 3 heterocycles. The molecule has 10 nitrogen and oxygen atoms in total. The molecule has 3 rings (SSSR count). The van der Waals surface area contributed by atoms with Crippen molar-refractivity contribution in [1.29, 1.82) is 0 Å². The van der Waals surface area contributed by atoms with Gasteiger partial charge in [0.1, 0.15) is 18.4 Å². The largest absolute Gasteiger partial charge is 0.393 e. The summed E-state index contributed by atoms with van der Waals surface area (Å²) in [6.45, 7) is 3.68. The molecule has 0 spiro atoms. The van der Waals surface area contributed by atoms with Crippen LogP contribution in [-0.4, -0.2) is 84.5 Å². The molecule has 0 aliphatic carbocycles. The van der Waals surface area contributed by atoms with Crippen molar-refractivity contribution in [3.05, 3.63) is 12.7 Å². The van der Waals surface area contributed by atoms with Crippen LogP contribution in [0.3, 0.4) is 0 Å². The maximum Gasteiger partial charge on any atom is 0.243 e. The molecule has 2 fully saturated rings. The second-order valence-electron chi connectivity index (χ2n) is 15.0. The Morgan fingerprint density at radius 2 is 1.06 bits per heavy atom. The minimum atomic E-state index is -0.604. The smallest absolute Gasteiger partial charge is 0.243 e. The fourth-order valence-electron chi connectivity index (χ4n) is 7.66. The molecule has 0 amide bonds. The van der Waals surface area contributed by atoms with Crippen molar-refractivity contribution >= 4 is 11.7 Å². The monoisotopic (exact) mass is 692 g/mol. The number of carbonyl (C=O) groups excluding carboxylic acids is 2. The summed E-state index contributed by atoms with van der Waals surface area (Å²) in [7, 11) is 0. The van der Waals surface area contributed by atoms with Gasteiger partial charge < -0.3 is 24.8 Å². The van der Waals surface area contributed by atoms with Crippen LogP contribution in [0.5, 0.6) is 0 Å². The molecule has 0 saturated carbocycles. The van der Waals surface area contributed by atoms with E-state index in [4.69, 9.17) is 9.47 Å². The van der Waals surface area contributed by atoms with Crippen LogP contribution in [-0.2, 0) is 14.3 Å². The first-order valence-corrected chi connectivity index (χ1v) is 20.0. The van der Waals surface area contributed by atoms with Gasteiger partial charge in [0.2, 0.25) is 5.91 Å². The number of ketones is 1. The number of hydrogen-bond donors (Lipinski definition) is 3. The number of unbranched alkanes of at least 4 members (excludes halogenated alkanes) is 13. The summed E-state index contributed by atoms with van der Waals surface area (Å²) < 4.78 is 13.8. The maximum absolute atomic E-state index is 12.4. The first kappa shape index (κ1) is 41.7. The lowest BCUT2D eigenvalue weighted by molar-refractivity contribution is -0.119. The molecule has 0 radical (unpaired) electrons. The number of nitrogens with zero attached hydrogens (tertiary/aromatic N) is 3. The third-order valence-electron chi connectivity index (χ3n) is 10.8. The number of carbonyl (C=O) groups is 2. The molecular weight excluding hydrogens is 622 g/mol. The Kier molecular flexibility index (Phi) is 20.8. The topological polar surface area (TPSA) is 144 Å². The minimum absolute atomic E-state index is 0.00189. The number of aromatic nitrogens is 3. The Morgan fingerprint density at radius 3 is 1.57 bits per heavy atom. The van der Waals surface area contributed by atoms with E-state index in [9.17, 15) is 24.9 Å². The van der Waals surface area contributed by atoms with Gasteiger partial charge in [-0.2, -0.15) is 0 Å². The van der Waals surface area contributed by atoms with E-state index in [1.807, 2.05) is 0 Å². The highest BCUT2D eigenvalue weighted by atomic mass is 16.6. The van der Waals surface area contributed by atoms with Crippen LogP contribution in [0.2, 0.25) is 0 Å². The summed E-state index contributed by atoms with van der Waals surface area (Å²) in [4.78, 5) is 24.4. The van der Waals surface area contributed by atoms with Gasteiger partial charge in [0.15, 0.2) is 0 Å². The Morgan fingerprint density at radius 1 is 0.633 bits per heavy atom. The van der Waals surface area contributed by atoms with Crippen molar-refractivity contribution in [3.63, 3.8) is 0 Å². The van der Waals surface area contributed by atoms with Crippen molar-refractivity contribution in [2.45, 2.75) is 217 Å². The number of aliphatic hydroxyl groups is 3. The van der Waals surface area contributed by atoms with E-state index in [0.717, 1.165) is 89.9 Å². The zero-order valence-electron chi connectivity index (χ0n) is 30.8. The lowest BCUT2D eigenvalue weighted by Gasteiger charge is -2.24. The van der Waals surface area contributed by atoms with Crippen LogP contribution >= 0.6 is 0 Å². The minimum Gasteiger partial charge on any atom is -0.393 e. The maximum atomic E-state index is 12.4. The number of ether oxygens (including phenoxy) is 2. The van der Waals surface area contributed by atoms with Crippen LogP contribution in [0, 0.1) is 5.92 Å². The van der Waals surface area contributed by atoms with Crippen molar-refractivity contribution < 1.29 is 34.4 Å². The second kappa shape index (κ2) is 24.5. The number of hydrogen-bond acceptors (Lipinski definition) is 9. The molecule has 2 aliphatic heterocycles. The van der Waals surface area contributed by atoms with E-state index in [1.165, 1.54) is 81.9 Å². The molecule has 1 aromatic rings. The van der Waals surface area contributed by atoms with E-state index >= 15 is 0 Å². The summed E-state index contributed by atoms with van der Waals surface area (Å²) >= 11 is 0. The van der Waals surface area contributed by atoms with Gasteiger partial charge in [-0.15, -0.1) is 10.2 Å². The van der Waals surface area contributed by atoms with Gasteiger partial charge in [-0.05, 0) is 71.1 Å². The van der Waals surface area contributed by atoms with Crippen molar-refractivity contribution in [2.24, 2.45) is 5.92 Å². The molecule has 0 bridgehead atoms. The summed E-state index contributed by atoms with van der Waals surface area (Å²) in [5.41, 5.74) is 0. The molecule has 0 aromatic carbocycles. The Bertz CT molecular complexity index is 1010. The predicted molar refractivity (Wildman–Crippen MR) is 191 cm³/mol. The van der Waals surface area contributed by atoms with Crippen LogP contribution in [0.25, 0.3) is 0 Å². The third kappa shape index (κ3) is 16.0. The highest BCUT2D eigenvalue weighted by Gasteiger charge is 2.40. The van der Waals surface area contributed by atoms with Gasteiger partial charge in [0, 0.05) is 0 Å². The molecule has 2 aliphatic rings. The van der Waals surface area contributed by atoms with Crippen molar-refractivity contribution in [3.8, 4) is 0 Å². The lowest BCUT2D eigenvalue weighted by atomic mass is 9.96. The van der Waals surface area contributed by atoms with E-state index < -0.39 is 18.1 Å². The van der Waals surface area contributed by atoms with Crippen LogP contribution in [0.4, 0.5) is 0 Å². The molecule has 3 N–H and O–H groups in total. The van der Waals surface area contributed by atoms with E-state index in [1.54, 1.807) is 0 Å². The van der Waals surface area contributed by atoms with Gasteiger partial charge in [-0.1, -0.05) is 103 Å². The average molecular weight is 692 g/mol. The van der Waals surface area contributed by atoms with E-state index in [0.29, 0.717) is 12.8 Å². The first-order valence-electron chi connectivity index (χ1n) is 20.0. The predicted octanol–water partition coefficient (Wildman–Crippen LogP) is 7.51. The Labute approximate surface area is 296 Å². The zero-order valence-corrected chi connectivity index (χ0v) is 30.8. The molecule has 282 valence electrons. The highest BCUT2D eigenvalue weighted by molar-refractivity contribution is 6.01. The van der Waals surface area contributed by atoms with E-state index in [-0.39, 0.29) is 42.2 Å². The highest BCUT2D eigenvalue weighted by Crippen LogP contribution is 2.34. The molecule has 1 unspecified atom stereocenters. The summed E-state index contributed by atoms with van der Waals surface area (Å²) in [5.74, 6) is -0.935. The quantitative estimate of drug-likeness (QED) is 0.0601. The van der Waals surface area contributed by atoms with Gasteiger partial charge in [0.25, 0.3) is 0 Å². The van der Waals surface area contributed by atoms with Crippen LogP contribution in [0.15, 0.2) is 12.7 Å². The standard InChI is InChI=1S/C39H69N3O7/c1-3-4-5-15-19-31(44)20-18-23-34(46)36-25-27-38(49-36)37-26-24-35(48-37)33(45)22-17-14-12-10-8-6-7-9-11-13-16-21-32(30(2)43)39(47)42-28-40-41-29-42/h28-29,31-38,44-46H,3-27H2,1-2H3/t31-,32?,33+,34-,35+,36+,37+,38+/m0/s1. The van der Waals surface area contributed by atoms with E-state index in [2.05, 4.69) is 17.1 Å². The fraction of sp³-hybridized carbons (Fsp3) is 0.897. The summed E-state index contributed by atoms with van der Waals surface area (Å²) in [6.07, 6.45) is 26.5. The molecule has 2 saturated heterocycles. The third-order valence-corrected chi connectivity index (χ3v) is 10.8. The van der Waals surface area contributed by atoms with Gasteiger partial charge in [-0.3, -0.25) is 14.2 Å². The molecular formula is C39H69N3O7. The number of rotatable bonds is 28. The van der Waals surface area contributed by atoms with Gasteiger partial charge >= 0.3 is 0 Å². The Balaban J connectivity index is 1.13. The average Bonchev–Trinajstić information content (AvgIpc) is 3.89. The first-order chi connectivity index (χ1) is 23.8. The summed E-state index contributed by atoms with van der Waals surface area (Å²) in [5, 5.41) is 39.0. The molecule has 49 heavy (non-hydrogen) atoms. The van der Waals surface area contributed by atoms with Crippen LogP contribution in [0.1, 0.15) is 179 Å².